The molecule has 1 aliphatic heterocycles. The number of rotatable bonds is 6. The minimum Gasteiger partial charge on any atom is -0.494 e. The first-order valence-corrected chi connectivity index (χ1v) is 10.7. The topological polar surface area (TPSA) is 63.7 Å². The van der Waals surface area contributed by atoms with Crippen LogP contribution in [0.25, 0.3) is 10.2 Å². The third-order valence-electron chi connectivity index (χ3n) is 5.32. The number of methoxy groups -OCH3 is 1. The van der Waals surface area contributed by atoms with Crippen LogP contribution in [-0.2, 0) is 4.74 Å². The number of anilines is 2. The lowest BCUT2D eigenvalue weighted by Gasteiger charge is -2.28. The van der Waals surface area contributed by atoms with Crippen molar-refractivity contribution in [2.24, 2.45) is 5.92 Å². The largest absolute Gasteiger partial charge is 0.494 e. The third kappa shape index (κ3) is 4.39. The Morgan fingerprint density at radius 3 is 2.70 bits per heavy atom. The predicted octanol–water partition coefficient (Wildman–Crippen LogP) is 4.56. The van der Waals surface area contributed by atoms with Crippen LogP contribution in [0.2, 0.25) is 0 Å². The molecule has 1 N–H and O–H groups in total. The molecule has 0 atom stereocenters. The lowest BCUT2D eigenvalue weighted by Crippen LogP contribution is -2.29. The van der Waals surface area contributed by atoms with Crippen molar-refractivity contribution in [2.45, 2.75) is 12.8 Å². The molecular weight excluding hydrogens is 405 g/mol. The summed E-state index contributed by atoms with van der Waals surface area (Å²) in [5, 5.41) is 3.30. The zero-order valence-electron chi connectivity index (χ0n) is 17.0. The van der Waals surface area contributed by atoms with E-state index in [1.807, 2.05) is 12.1 Å². The molecule has 30 heavy (non-hydrogen) atoms. The van der Waals surface area contributed by atoms with Crippen LogP contribution in [0.1, 0.15) is 23.2 Å². The Bertz CT molecular complexity index is 1030. The summed E-state index contributed by atoms with van der Waals surface area (Å²) in [5.74, 6) is 0.539. The van der Waals surface area contributed by atoms with Gasteiger partial charge in [0.15, 0.2) is 5.13 Å². The average Bonchev–Trinajstić information content (AvgIpc) is 3.17. The quantitative estimate of drug-likeness (QED) is 0.622. The molecule has 1 aliphatic rings. The van der Waals surface area contributed by atoms with Gasteiger partial charge in [-0.05, 0) is 55.2 Å². The number of benzene rings is 2. The van der Waals surface area contributed by atoms with E-state index in [1.165, 1.54) is 35.6 Å². The molecule has 2 aromatic carbocycles. The van der Waals surface area contributed by atoms with Gasteiger partial charge in [0.25, 0.3) is 5.91 Å². The number of hydrogen-bond donors (Lipinski definition) is 1. The number of carbonyl (C=O) groups excluding carboxylic acids is 1. The smallest absolute Gasteiger partial charge is 0.257 e. The van der Waals surface area contributed by atoms with Crippen LogP contribution in [-0.4, -0.2) is 44.8 Å². The van der Waals surface area contributed by atoms with Crippen LogP contribution < -0.4 is 15.0 Å². The van der Waals surface area contributed by atoms with Gasteiger partial charge in [0.2, 0.25) is 0 Å². The Labute approximate surface area is 178 Å². The van der Waals surface area contributed by atoms with Crippen LogP contribution >= 0.6 is 11.3 Å². The standard InChI is InChI=1S/C22H24FN3O3S/c1-26(13-14-9-11-29-12-10-14)17-7-8-18(28-2)19-20(17)30-22(24-19)25-21(27)15-3-5-16(23)6-4-15/h3-8,14H,9-13H2,1-2H3,(H,24,25,27). The summed E-state index contributed by atoms with van der Waals surface area (Å²) in [6, 6.07) is 9.37. The van der Waals surface area contributed by atoms with E-state index in [0.717, 1.165) is 43.0 Å². The van der Waals surface area contributed by atoms with Crippen molar-refractivity contribution in [1.82, 2.24) is 4.98 Å². The highest BCUT2D eigenvalue weighted by atomic mass is 32.1. The molecule has 8 heteroatoms. The number of nitrogens with one attached hydrogen (secondary N) is 1. The van der Waals surface area contributed by atoms with Gasteiger partial charge >= 0.3 is 0 Å². The predicted molar refractivity (Wildman–Crippen MR) is 117 cm³/mol. The lowest BCUT2D eigenvalue weighted by atomic mass is 9.99. The highest BCUT2D eigenvalue weighted by Gasteiger charge is 2.20. The van der Waals surface area contributed by atoms with Gasteiger partial charge in [0.1, 0.15) is 17.1 Å². The van der Waals surface area contributed by atoms with E-state index in [-0.39, 0.29) is 11.7 Å². The third-order valence-corrected chi connectivity index (χ3v) is 6.31. The number of halogens is 1. The molecule has 6 nitrogen and oxygen atoms in total. The molecule has 0 bridgehead atoms. The Hall–Kier alpha value is -2.71. The van der Waals surface area contributed by atoms with E-state index >= 15 is 0 Å². The van der Waals surface area contributed by atoms with Gasteiger partial charge in [-0.1, -0.05) is 11.3 Å². The summed E-state index contributed by atoms with van der Waals surface area (Å²) in [7, 11) is 3.68. The van der Waals surface area contributed by atoms with Crippen molar-refractivity contribution in [3.8, 4) is 5.75 Å². The maximum Gasteiger partial charge on any atom is 0.257 e. The van der Waals surface area contributed by atoms with Crippen molar-refractivity contribution in [3.63, 3.8) is 0 Å². The lowest BCUT2D eigenvalue weighted by molar-refractivity contribution is 0.0685. The number of hydrogen-bond acceptors (Lipinski definition) is 6. The second-order valence-corrected chi connectivity index (χ2v) is 8.38. The zero-order valence-corrected chi connectivity index (χ0v) is 17.8. The number of amides is 1. The Morgan fingerprint density at radius 1 is 1.27 bits per heavy atom. The number of nitrogens with zero attached hydrogens (tertiary/aromatic N) is 2. The minimum atomic E-state index is -0.381. The molecule has 1 amide bonds. The van der Waals surface area contributed by atoms with Crippen molar-refractivity contribution in [2.75, 3.05) is 44.1 Å². The fourth-order valence-corrected chi connectivity index (χ4v) is 4.72. The molecule has 2 heterocycles. The molecule has 0 saturated carbocycles. The number of ether oxygens (including phenoxy) is 2. The molecule has 1 fully saturated rings. The first-order chi connectivity index (χ1) is 14.5. The molecular formula is C22H24FN3O3S. The van der Waals surface area contributed by atoms with Gasteiger partial charge in [0.05, 0.1) is 17.5 Å². The van der Waals surface area contributed by atoms with E-state index in [9.17, 15) is 9.18 Å². The molecule has 0 unspecified atom stereocenters. The maximum atomic E-state index is 13.1. The fraction of sp³-hybridized carbons (Fsp3) is 0.364. The van der Waals surface area contributed by atoms with Crippen LogP contribution in [0.4, 0.5) is 15.2 Å². The van der Waals surface area contributed by atoms with E-state index in [1.54, 1.807) is 7.11 Å². The second-order valence-electron chi connectivity index (χ2n) is 7.38. The highest BCUT2D eigenvalue weighted by molar-refractivity contribution is 7.23. The summed E-state index contributed by atoms with van der Waals surface area (Å²) in [4.78, 5) is 19.4. The van der Waals surface area contributed by atoms with E-state index < -0.39 is 0 Å². The fourth-order valence-electron chi connectivity index (χ4n) is 3.67. The SMILES string of the molecule is COc1ccc(N(C)CC2CCOCC2)c2sc(NC(=O)c3ccc(F)cc3)nc12. The first kappa shape index (κ1) is 20.6. The van der Waals surface area contributed by atoms with Gasteiger partial charge in [-0.3, -0.25) is 10.1 Å². The number of thiazole rings is 1. The summed E-state index contributed by atoms with van der Waals surface area (Å²) >= 11 is 1.41. The monoisotopic (exact) mass is 429 g/mol. The van der Waals surface area contributed by atoms with Gasteiger partial charge in [0, 0.05) is 32.4 Å². The molecule has 1 saturated heterocycles. The molecule has 0 spiro atoms. The van der Waals surface area contributed by atoms with E-state index in [2.05, 4.69) is 22.2 Å². The van der Waals surface area contributed by atoms with Crippen LogP contribution in [0.5, 0.6) is 5.75 Å². The van der Waals surface area contributed by atoms with Crippen LogP contribution in [0, 0.1) is 11.7 Å². The minimum absolute atomic E-state index is 0.329. The van der Waals surface area contributed by atoms with Crippen molar-refractivity contribution < 1.29 is 18.7 Å². The zero-order chi connectivity index (χ0) is 21.1. The Balaban J connectivity index is 1.60. The van der Waals surface area contributed by atoms with Crippen molar-refractivity contribution in [3.05, 3.63) is 47.8 Å². The van der Waals surface area contributed by atoms with Gasteiger partial charge in [-0.2, -0.15) is 0 Å². The number of fused-ring (bicyclic) bond motifs is 1. The maximum absolute atomic E-state index is 13.1. The van der Waals surface area contributed by atoms with Crippen LogP contribution in [0.15, 0.2) is 36.4 Å². The molecule has 158 valence electrons. The number of aromatic nitrogens is 1. The summed E-state index contributed by atoms with van der Waals surface area (Å²) in [5.41, 5.74) is 2.14. The summed E-state index contributed by atoms with van der Waals surface area (Å²) in [6.45, 7) is 2.56. The molecule has 0 radical (unpaired) electrons. The molecule has 3 aromatic rings. The van der Waals surface area contributed by atoms with E-state index in [4.69, 9.17) is 9.47 Å². The Kier molecular flexibility index (Phi) is 6.15. The second kappa shape index (κ2) is 8.97. The highest BCUT2D eigenvalue weighted by Crippen LogP contribution is 2.39. The van der Waals surface area contributed by atoms with Crippen LogP contribution in [0.3, 0.4) is 0 Å². The first-order valence-electron chi connectivity index (χ1n) is 9.88. The van der Waals surface area contributed by atoms with Gasteiger partial charge in [-0.15, -0.1) is 0 Å². The molecule has 0 aliphatic carbocycles. The summed E-state index contributed by atoms with van der Waals surface area (Å²) < 4.78 is 25.0. The van der Waals surface area contributed by atoms with Gasteiger partial charge < -0.3 is 14.4 Å². The molecule has 1 aromatic heterocycles. The normalized spacial score (nSPS) is 14.6. The number of carbonyl (C=O) groups is 1. The Morgan fingerprint density at radius 2 is 2.00 bits per heavy atom. The van der Waals surface area contributed by atoms with E-state index in [0.29, 0.717) is 27.9 Å². The van der Waals surface area contributed by atoms with Gasteiger partial charge in [-0.25, -0.2) is 9.37 Å². The average molecular weight is 430 g/mol. The summed E-state index contributed by atoms with van der Waals surface area (Å²) in [6.07, 6.45) is 2.12. The van der Waals surface area contributed by atoms with Crippen molar-refractivity contribution in [1.29, 1.82) is 0 Å². The van der Waals surface area contributed by atoms with Crippen molar-refractivity contribution >= 4 is 38.3 Å². The molecule has 4 rings (SSSR count).